The lowest BCUT2D eigenvalue weighted by atomic mass is 10.3. The van der Waals surface area contributed by atoms with Crippen LogP contribution >= 0.6 is 11.8 Å². The largest absolute Gasteiger partial charge is 0.433 e. The zero-order chi connectivity index (χ0) is 16.6. The Morgan fingerprint density at radius 3 is 2.70 bits per heavy atom. The van der Waals surface area contributed by atoms with Crippen molar-refractivity contribution in [2.45, 2.75) is 0 Å². The van der Waals surface area contributed by atoms with E-state index in [4.69, 9.17) is 4.42 Å². The van der Waals surface area contributed by atoms with E-state index < -0.39 is 27.5 Å². The number of carbonyl (C=O) groups is 2. The number of nitro groups is 1. The SMILES string of the molecule is O=C1S/C(=C\c2ccc([N+](=O)[O-])o2)C(=O)N1c1cc[nH]c(=O)c1. The summed E-state index contributed by atoms with van der Waals surface area (Å²) in [4.78, 5) is 48.7. The minimum absolute atomic E-state index is 0.0412. The summed E-state index contributed by atoms with van der Waals surface area (Å²) in [7, 11) is 0. The molecule has 1 fully saturated rings. The summed E-state index contributed by atoms with van der Waals surface area (Å²) >= 11 is 0.651. The van der Waals surface area contributed by atoms with Gasteiger partial charge in [0.05, 0.1) is 16.7 Å². The van der Waals surface area contributed by atoms with Gasteiger partial charge in [-0.1, -0.05) is 0 Å². The number of hydrogen-bond donors (Lipinski definition) is 1. The number of aromatic nitrogens is 1. The topological polar surface area (TPSA) is 127 Å². The lowest BCUT2D eigenvalue weighted by Gasteiger charge is -2.11. The van der Waals surface area contributed by atoms with Crippen molar-refractivity contribution in [2.24, 2.45) is 0 Å². The van der Waals surface area contributed by atoms with E-state index in [0.29, 0.717) is 11.8 Å². The first-order chi connectivity index (χ1) is 11.0. The van der Waals surface area contributed by atoms with E-state index in [1.54, 1.807) is 0 Å². The molecule has 0 radical (unpaired) electrons. The standard InChI is InChI=1S/C13H7N3O6S/c17-10-5-7(3-4-14-10)15-12(18)9(23-13(15)19)6-8-1-2-11(22-8)16(20)21/h1-6H,(H,14,17)/b9-6-. The zero-order valence-electron chi connectivity index (χ0n) is 11.2. The first-order valence-electron chi connectivity index (χ1n) is 6.16. The van der Waals surface area contributed by atoms with Crippen LogP contribution in [0.25, 0.3) is 6.08 Å². The Morgan fingerprint density at radius 1 is 1.26 bits per heavy atom. The number of hydrogen-bond acceptors (Lipinski definition) is 7. The molecule has 0 unspecified atom stereocenters. The predicted octanol–water partition coefficient (Wildman–Crippen LogP) is 2.12. The summed E-state index contributed by atoms with van der Waals surface area (Å²) < 4.78 is 4.92. The number of amides is 2. The lowest BCUT2D eigenvalue weighted by Crippen LogP contribution is -2.28. The first kappa shape index (κ1) is 14.8. The molecule has 1 aliphatic rings. The van der Waals surface area contributed by atoms with Crippen LogP contribution in [0.15, 0.2) is 44.6 Å². The van der Waals surface area contributed by atoms with Gasteiger partial charge in [0, 0.05) is 18.3 Å². The van der Waals surface area contributed by atoms with Gasteiger partial charge in [-0.15, -0.1) is 0 Å². The molecule has 0 spiro atoms. The molecule has 3 rings (SSSR count). The molecule has 3 heterocycles. The summed E-state index contributed by atoms with van der Waals surface area (Å²) in [5.74, 6) is -1.03. The smallest absolute Gasteiger partial charge is 0.401 e. The van der Waals surface area contributed by atoms with Gasteiger partial charge in [-0.25, -0.2) is 4.90 Å². The Labute approximate surface area is 131 Å². The Bertz CT molecular complexity index is 912. The van der Waals surface area contributed by atoms with Crippen LogP contribution in [0.1, 0.15) is 5.76 Å². The van der Waals surface area contributed by atoms with Gasteiger partial charge in [-0.3, -0.25) is 24.5 Å². The molecule has 0 atom stereocenters. The minimum Gasteiger partial charge on any atom is -0.401 e. The van der Waals surface area contributed by atoms with Crippen molar-refractivity contribution in [3.63, 3.8) is 0 Å². The average Bonchev–Trinajstić information content (AvgIpc) is 3.05. The summed E-state index contributed by atoms with van der Waals surface area (Å²) in [6, 6.07) is 5.00. The van der Waals surface area contributed by atoms with Crippen LogP contribution in [0.2, 0.25) is 0 Å². The Hall–Kier alpha value is -3.14. The van der Waals surface area contributed by atoms with Gasteiger partial charge < -0.3 is 9.40 Å². The fraction of sp³-hybridized carbons (Fsp3) is 0. The van der Waals surface area contributed by atoms with Crippen molar-refractivity contribution in [2.75, 3.05) is 4.90 Å². The molecule has 1 N–H and O–H groups in total. The van der Waals surface area contributed by atoms with Gasteiger partial charge in [-0.05, 0) is 23.9 Å². The minimum atomic E-state index is -0.709. The number of furan rings is 1. The molecular weight excluding hydrogens is 326 g/mol. The fourth-order valence-corrected chi connectivity index (χ4v) is 2.73. The van der Waals surface area contributed by atoms with E-state index in [9.17, 15) is 24.5 Å². The zero-order valence-corrected chi connectivity index (χ0v) is 12.0. The van der Waals surface area contributed by atoms with Gasteiger partial charge in [0.15, 0.2) is 0 Å². The molecule has 1 aliphatic heterocycles. The quantitative estimate of drug-likeness (QED) is 0.517. The highest BCUT2D eigenvalue weighted by Gasteiger charge is 2.36. The van der Waals surface area contributed by atoms with E-state index in [0.717, 1.165) is 17.0 Å². The second-order valence-corrected chi connectivity index (χ2v) is 5.35. The average molecular weight is 333 g/mol. The number of aromatic amines is 1. The van der Waals surface area contributed by atoms with Crippen molar-refractivity contribution in [1.82, 2.24) is 4.98 Å². The molecule has 2 aromatic rings. The second kappa shape index (κ2) is 5.57. The van der Waals surface area contributed by atoms with E-state index in [-0.39, 0.29) is 16.4 Å². The predicted molar refractivity (Wildman–Crippen MR) is 80.9 cm³/mol. The number of carbonyl (C=O) groups excluding carboxylic acids is 2. The van der Waals surface area contributed by atoms with E-state index >= 15 is 0 Å². The molecule has 9 nitrogen and oxygen atoms in total. The number of thioether (sulfide) groups is 1. The number of nitrogens with one attached hydrogen (secondary N) is 1. The number of anilines is 1. The summed E-state index contributed by atoms with van der Waals surface area (Å²) in [5.41, 5.74) is -0.308. The Morgan fingerprint density at radius 2 is 2.04 bits per heavy atom. The third-order valence-corrected chi connectivity index (χ3v) is 3.75. The second-order valence-electron chi connectivity index (χ2n) is 4.36. The normalized spacial score (nSPS) is 16.3. The third-order valence-electron chi connectivity index (χ3n) is 2.88. The number of imide groups is 1. The van der Waals surface area contributed by atoms with Gasteiger partial charge in [-0.2, -0.15) is 0 Å². The number of H-pyrrole nitrogens is 1. The third kappa shape index (κ3) is 2.79. The number of rotatable bonds is 3. The first-order valence-corrected chi connectivity index (χ1v) is 6.98. The summed E-state index contributed by atoms with van der Waals surface area (Å²) in [6.45, 7) is 0. The van der Waals surface area contributed by atoms with E-state index in [1.165, 1.54) is 24.4 Å². The summed E-state index contributed by atoms with van der Waals surface area (Å²) in [5, 5.41) is 9.98. The van der Waals surface area contributed by atoms with Crippen molar-refractivity contribution in [1.29, 1.82) is 0 Å². The van der Waals surface area contributed by atoms with Gasteiger partial charge in [0.2, 0.25) is 5.56 Å². The number of nitrogens with zero attached hydrogens (tertiary/aromatic N) is 2. The summed E-state index contributed by atoms with van der Waals surface area (Å²) in [6.07, 6.45) is 2.56. The Kier molecular flexibility index (Phi) is 3.58. The van der Waals surface area contributed by atoms with Gasteiger partial charge in [0.25, 0.3) is 11.1 Å². The number of pyridine rings is 1. The molecule has 0 aliphatic carbocycles. The van der Waals surface area contributed by atoms with Crippen LogP contribution in [0.5, 0.6) is 0 Å². The van der Waals surface area contributed by atoms with E-state index in [1.807, 2.05) is 0 Å². The van der Waals surface area contributed by atoms with Crippen LogP contribution < -0.4 is 10.5 Å². The van der Waals surface area contributed by atoms with Crippen LogP contribution in [0, 0.1) is 10.1 Å². The molecule has 116 valence electrons. The molecule has 0 aromatic carbocycles. The molecule has 10 heteroatoms. The molecular formula is C13H7N3O6S. The monoisotopic (exact) mass is 333 g/mol. The maximum absolute atomic E-state index is 12.3. The Balaban J connectivity index is 1.92. The highest BCUT2D eigenvalue weighted by molar-refractivity contribution is 8.19. The van der Waals surface area contributed by atoms with Crippen LogP contribution in [0.3, 0.4) is 0 Å². The van der Waals surface area contributed by atoms with Gasteiger partial charge >= 0.3 is 5.88 Å². The van der Waals surface area contributed by atoms with Crippen LogP contribution in [-0.2, 0) is 4.79 Å². The van der Waals surface area contributed by atoms with Crippen molar-refractivity contribution in [3.8, 4) is 0 Å². The molecule has 1 saturated heterocycles. The van der Waals surface area contributed by atoms with Crippen molar-refractivity contribution in [3.05, 3.63) is 61.6 Å². The molecule has 0 saturated carbocycles. The molecule has 2 amide bonds. The highest BCUT2D eigenvalue weighted by atomic mass is 32.2. The van der Waals surface area contributed by atoms with Crippen molar-refractivity contribution < 1.29 is 18.9 Å². The lowest BCUT2D eigenvalue weighted by molar-refractivity contribution is -0.402. The molecule has 23 heavy (non-hydrogen) atoms. The van der Waals surface area contributed by atoms with Crippen LogP contribution in [0.4, 0.5) is 16.4 Å². The van der Waals surface area contributed by atoms with Gasteiger partial charge in [0.1, 0.15) is 10.7 Å². The maximum atomic E-state index is 12.3. The fourth-order valence-electron chi connectivity index (χ4n) is 1.91. The van der Waals surface area contributed by atoms with E-state index in [2.05, 4.69) is 4.98 Å². The van der Waals surface area contributed by atoms with Crippen LogP contribution in [-0.4, -0.2) is 21.1 Å². The maximum Gasteiger partial charge on any atom is 0.433 e. The van der Waals surface area contributed by atoms with Crippen molar-refractivity contribution >= 4 is 40.6 Å². The highest BCUT2D eigenvalue weighted by Crippen LogP contribution is 2.35. The molecule has 2 aromatic heterocycles. The molecule has 0 bridgehead atoms.